The first-order valence-electron chi connectivity index (χ1n) is 4.45. The lowest BCUT2D eigenvalue weighted by Crippen LogP contribution is -1.97. The number of hydrogen-bond acceptors (Lipinski definition) is 0. The summed E-state index contributed by atoms with van der Waals surface area (Å²) in [6.07, 6.45) is -0.922. The van der Waals surface area contributed by atoms with Crippen LogP contribution in [0.5, 0.6) is 0 Å². The van der Waals surface area contributed by atoms with Crippen molar-refractivity contribution in [3.05, 3.63) is 34.3 Å². The van der Waals surface area contributed by atoms with Crippen LogP contribution in [0.4, 0.5) is 4.39 Å². The van der Waals surface area contributed by atoms with E-state index in [-0.39, 0.29) is 0 Å². The molecule has 0 N–H and O–H groups in total. The molecule has 0 nitrogen and oxygen atoms in total. The van der Waals surface area contributed by atoms with Crippen LogP contribution in [0.1, 0.15) is 44.0 Å². The third-order valence-electron chi connectivity index (χ3n) is 2.10. The number of alkyl halides is 1. The van der Waals surface area contributed by atoms with Crippen LogP contribution in [-0.4, -0.2) is 0 Å². The highest BCUT2D eigenvalue weighted by Crippen LogP contribution is 2.29. The topological polar surface area (TPSA) is 0 Å². The predicted octanol–water partition coefficient (Wildman–Crippen LogP) is 4.49. The highest BCUT2D eigenvalue weighted by Gasteiger charge is 2.12. The van der Waals surface area contributed by atoms with E-state index in [1.165, 1.54) is 0 Å². The Morgan fingerprint density at radius 3 is 2.23 bits per heavy atom. The van der Waals surface area contributed by atoms with Crippen molar-refractivity contribution in [1.29, 1.82) is 0 Å². The minimum absolute atomic E-state index is 0.312. The summed E-state index contributed by atoms with van der Waals surface area (Å²) in [6.45, 7) is 5.63. The monoisotopic (exact) mass is 200 g/mol. The normalized spacial score (nSPS) is 13.4. The number of halogens is 2. The molecule has 0 fully saturated rings. The van der Waals surface area contributed by atoms with Crippen LogP contribution in [0.2, 0.25) is 5.02 Å². The van der Waals surface area contributed by atoms with E-state index in [0.29, 0.717) is 10.9 Å². The first-order valence-corrected chi connectivity index (χ1v) is 4.83. The second kappa shape index (κ2) is 4.10. The van der Waals surface area contributed by atoms with Crippen LogP contribution < -0.4 is 0 Å². The summed E-state index contributed by atoms with van der Waals surface area (Å²) in [5.41, 5.74) is 1.75. The fourth-order valence-electron chi connectivity index (χ4n) is 1.41. The van der Waals surface area contributed by atoms with Gasteiger partial charge in [0.2, 0.25) is 0 Å². The SMILES string of the molecule is CC(C)c1cc(Cl)ccc1C(C)F. The fraction of sp³-hybridized carbons (Fsp3) is 0.455. The molecule has 1 rings (SSSR count). The van der Waals surface area contributed by atoms with Gasteiger partial charge in [0, 0.05) is 5.02 Å². The Labute approximate surface area is 83.7 Å². The highest BCUT2D eigenvalue weighted by atomic mass is 35.5. The van der Waals surface area contributed by atoms with Gasteiger partial charge in [-0.1, -0.05) is 31.5 Å². The van der Waals surface area contributed by atoms with Crippen molar-refractivity contribution in [2.24, 2.45) is 0 Å². The van der Waals surface area contributed by atoms with Gasteiger partial charge in [-0.2, -0.15) is 0 Å². The summed E-state index contributed by atoms with van der Waals surface area (Å²) in [6, 6.07) is 5.35. The van der Waals surface area contributed by atoms with Crippen molar-refractivity contribution < 1.29 is 4.39 Å². The van der Waals surface area contributed by atoms with Crippen molar-refractivity contribution in [1.82, 2.24) is 0 Å². The Bertz CT molecular complexity index is 292. The number of benzene rings is 1. The molecule has 1 unspecified atom stereocenters. The van der Waals surface area contributed by atoms with Crippen LogP contribution in [0.3, 0.4) is 0 Å². The molecule has 0 aliphatic carbocycles. The van der Waals surface area contributed by atoms with Crippen molar-refractivity contribution in [2.75, 3.05) is 0 Å². The van der Waals surface area contributed by atoms with Crippen molar-refractivity contribution in [3.63, 3.8) is 0 Å². The summed E-state index contributed by atoms with van der Waals surface area (Å²) in [4.78, 5) is 0. The molecule has 0 saturated heterocycles. The molecule has 1 atom stereocenters. The molecule has 2 heteroatoms. The van der Waals surface area contributed by atoms with Crippen molar-refractivity contribution in [2.45, 2.75) is 32.9 Å². The van der Waals surface area contributed by atoms with Gasteiger partial charge in [0.25, 0.3) is 0 Å². The van der Waals surface area contributed by atoms with Gasteiger partial charge in [-0.15, -0.1) is 0 Å². The Kier molecular flexibility index (Phi) is 3.32. The van der Waals surface area contributed by atoms with E-state index >= 15 is 0 Å². The molecule has 72 valence electrons. The van der Waals surface area contributed by atoms with Gasteiger partial charge < -0.3 is 0 Å². The van der Waals surface area contributed by atoms with Gasteiger partial charge in [-0.25, -0.2) is 4.39 Å². The lowest BCUT2D eigenvalue weighted by molar-refractivity contribution is 0.371. The Balaban J connectivity index is 3.19. The van der Waals surface area contributed by atoms with Crippen LogP contribution in [0.15, 0.2) is 18.2 Å². The zero-order valence-corrected chi connectivity index (χ0v) is 8.90. The third-order valence-corrected chi connectivity index (χ3v) is 2.33. The van der Waals surface area contributed by atoms with E-state index < -0.39 is 6.17 Å². The number of rotatable bonds is 2. The number of hydrogen-bond donors (Lipinski definition) is 0. The quantitative estimate of drug-likeness (QED) is 0.660. The molecule has 0 spiro atoms. The molecule has 0 saturated carbocycles. The van der Waals surface area contributed by atoms with Crippen molar-refractivity contribution >= 4 is 11.6 Å². The van der Waals surface area contributed by atoms with E-state index in [9.17, 15) is 4.39 Å². The Hall–Kier alpha value is -0.560. The first kappa shape index (κ1) is 10.5. The van der Waals surface area contributed by atoms with Gasteiger partial charge >= 0.3 is 0 Å². The summed E-state index contributed by atoms with van der Waals surface area (Å²) in [7, 11) is 0. The highest BCUT2D eigenvalue weighted by molar-refractivity contribution is 6.30. The maximum Gasteiger partial charge on any atom is 0.123 e. The summed E-state index contributed by atoms with van der Waals surface area (Å²) in [5.74, 6) is 0.312. The van der Waals surface area contributed by atoms with E-state index in [2.05, 4.69) is 0 Å². The molecular formula is C11H14ClF. The van der Waals surface area contributed by atoms with E-state index in [4.69, 9.17) is 11.6 Å². The average Bonchev–Trinajstić information content (AvgIpc) is 2.03. The van der Waals surface area contributed by atoms with Crippen molar-refractivity contribution in [3.8, 4) is 0 Å². The van der Waals surface area contributed by atoms with Gasteiger partial charge in [-0.3, -0.25) is 0 Å². The summed E-state index contributed by atoms with van der Waals surface area (Å²) < 4.78 is 13.1. The average molecular weight is 201 g/mol. The molecule has 0 aliphatic heterocycles. The Morgan fingerprint density at radius 2 is 1.77 bits per heavy atom. The molecule has 1 aromatic rings. The van der Waals surface area contributed by atoms with E-state index in [0.717, 1.165) is 11.1 Å². The second-order valence-electron chi connectivity index (χ2n) is 3.54. The van der Waals surface area contributed by atoms with Crippen LogP contribution in [0.25, 0.3) is 0 Å². The zero-order valence-electron chi connectivity index (χ0n) is 8.14. The molecule has 0 aliphatic rings. The lowest BCUT2D eigenvalue weighted by atomic mass is 9.95. The Morgan fingerprint density at radius 1 is 1.15 bits per heavy atom. The van der Waals surface area contributed by atoms with Crippen LogP contribution >= 0.6 is 11.6 Å². The molecule has 0 bridgehead atoms. The molecule has 13 heavy (non-hydrogen) atoms. The van der Waals surface area contributed by atoms with Gasteiger partial charge in [-0.05, 0) is 36.1 Å². The van der Waals surface area contributed by atoms with E-state index in [1.807, 2.05) is 19.9 Å². The van der Waals surface area contributed by atoms with Crippen LogP contribution in [-0.2, 0) is 0 Å². The maximum atomic E-state index is 13.1. The molecule has 0 heterocycles. The molecule has 0 amide bonds. The van der Waals surface area contributed by atoms with Gasteiger partial charge in [0.05, 0.1) is 0 Å². The summed E-state index contributed by atoms with van der Waals surface area (Å²) in [5, 5.41) is 0.674. The molecule has 1 aromatic carbocycles. The lowest BCUT2D eigenvalue weighted by Gasteiger charge is -2.13. The molecule has 0 radical (unpaired) electrons. The predicted molar refractivity (Wildman–Crippen MR) is 55.1 cm³/mol. The van der Waals surface area contributed by atoms with Crippen LogP contribution in [0, 0.1) is 0 Å². The standard InChI is InChI=1S/C11H14ClF/c1-7(2)11-6-9(12)4-5-10(11)8(3)13/h4-8H,1-3H3. The molecular weight excluding hydrogens is 187 g/mol. The van der Waals surface area contributed by atoms with Gasteiger partial charge in [0.1, 0.15) is 6.17 Å². The fourth-order valence-corrected chi connectivity index (χ4v) is 1.59. The first-order chi connectivity index (χ1) is 6.02. The second-order valence-corrected chi connectivity index (χ2v) is 3.98. The third kappa shape index (κ3) is 2.44. The smallest absolute Gasteiger partial charge is 0.123 e. The van der Waals surface area contributed by atoms with Gasteiger partial charge in [0.15, 0.2) is 0 Å². The summed E-state index contributed by atoms with van der Waals surface area (Å²) >= 11 is 5.84. The minimum atomic E-state index is -0.922. The maximum absolute atomic E-state index is 13.1. The minimum Gasteiger partial charge on any atom is -0.243 e. The molecule has 0 aromatic heterocycles. The van der Waals surface area contributed by atoms with E-state index in [1.54, 1.807) is 19.1 Å². The largest absolute Gasteiger partial charge is 0.243 e. The zero-order chi connectivity index (χ0) is 10.0.